The number of carbonyl (C=O) groups excluding carboxylic acids is 1. The van der Waals surface area contributed by atoms with E-state index in [1.165, 1.54) is 0 Å². The fourth-order valence-electron chi connectivity index (χ4n) is 1.31. The van der Waals surface area contributed by atoms with Gasteiger partial charge in [0.25, 0.3) is 0 Å². The van der Waals surface area contributed by atoms with Gasteiger partial charge in [0.1, 0.15) is 11.8 Å². The fraction of sp³-hybridized carbons (Fsp3) is 0.800. The van der Waals surface area contributed by atoms with E-state index in [-0.39, 0.29) is 11.7 Å². The van der Waals surface area contributed by atoms with Crippen molar-refractivity contribution in [2.24, 2.45) is 5.92 Å². The molecule has 7 heteroatoms. The van der Waals surface area contributed by atoms with Crippen LogP contribution in [0.4, 0.5) is 0 Å². The highest BCUT2D eigenvalue weighted by molar-refractivity contribution is 7.92. The summed E-state index contributed by atoms with van der Waals surface area (Å²) in [7, 11) is -3.43. The number of hydrogen-bond acceptors (Lipinski definition) is 4. The highest BCUT2D eigenvalue weighted by Crippen LogP contribution is 2.02. The van der Waals surface area contributed by atoms with Gasteiger partial charge in [0.15, 0.2) is 9.84 Å². The first kappa shape index (κ1) is 15.9. The monoisotopic (exact) mass is 265 g/mol. The van der Waals surface area contributed by atoms with E-state index in [2.05, 4.69) is 5.32 Å². The van der Waals surface area contributed by atoms with E-state index in [0.29, 0.717) is 6.42 Å². The molecule has 0 rings (SSSR count). The van der Waals surface area contributed by atoms with Gasteiger partial charge in [-0.1, -0.05) is 20.8 Å². The molecule has 0 aliphatic heterocycles. The quantitative estimate of drug-likeness (QED) is 0.676. The van der Waals surface area contributed by atoms with Crippen LogP contribution in [-0.4, -0.2) is 42.9 Å². The van der Waals surface area contributed by atoms with E-state index in [9.17, 15) is 18.0 Å². The summed E-state index contributed by atoms with van der Waals surface area (Å²) in [5.41, 5.74) is 0. The minimum atomic E-state index is -3.43. The summed E-state index contributed by atoms with van der Waals surface area (Å²) in [5, 5.41) is 11.0. The zero-order valence-electron chi connectivity index (χ0n) is 10.3. The average Bonchev–Trinajstić information content (AvgIpc) is 2.11. The minimum Gasteiger partial charge on any atom is -0.480 e. The van der Waals surface area contributed by atoms with Gasteiger partial charge < -0.3 is 10.4 Å². The van der Waals surface area contributed by atoms with Crippen molar-refractivity contribution in [3.05, 3.63) is 0 Å². The van der Waals surface area contributed by atoms with Gasteiger partial charge in [-0.15, -0.1) is 0 Å². The summed E-state index contributed by atoms with van der Waals surface area (Å²) in [4.78, 5) is 22.2. The predicted octanol–water partition coefficient (Wildman–Crippen LogP) is 0.0366. The topological polar surface area (TPSA) is 101 Å². The number of sulfone groups is 1. The van der Waals surface area contributed by atoms with E-state index < -0.39 is 33.5 Å². The summed E-state index contributed by atoms with van der Waals surface area (Å²) in [6, 6.07) is -1.06. The molecule has 0 unspecified atom stereocenters. The minimum absolute atomic E-state index is 0.0696. The number of amides is 1. The van der Waals surface area contributed by atoms with Gasteiger partial charge >= 0.3 is 5.97 Å². The lowest BCUT2D eigenvalue weighted by Crippen LogP contribution is -2.46. The summed E-state index contributed by atoms with van der Waals surface area (Å²) >= 11 is 0. The van der Waals surface area contributed by atoms with Gasteiger partial charge in [0, 0.05) is 0 Å². The molecule has 0 fully saturated rings. The highest BCUT2D eigenvalue weighted by Gasteiger charge is 2.25. The number of carbonyl (C=O) groups is 2. The van der Waals surface area contributed by atoms with Gasteiger partial charge in [-0.3, -0.25) is 4.79 Å². The molecular weight excluding hydrogens is 246 g/mol. The molecule has 0 aromatic heterocycles. The van der Waals surface area contributed by atoms with Crippen molar-refractivity contribution in [2.75, 3.05) is 11.5 Å². The number of carboxylic acid groups (broad SMARTS) is 1. The fourth-order valence-corrected chi connectivity index (χ4v) is 2.56. The number of nitrogens with one attached hydrogen (secondary N) is 1. The molecule has 6 nitrogen and oxygen atoms in total. The molecule has 0 bridgehead atoms. The molecule has 0 aliphatic rings. The van der Waals surface area contributed by atoms with Crippen LogP contribution < -0.4 is 5.32 Å². The normalized spacial score (nSPS) is 13.4. The number of rotatable bonds is 7. The van der Waals surface area contributed by atoms with E-state index in [4.69, 9.17) is 5.11 Å². The standard InChI is InChI=1S/C10H19NO5S/c1-4-5-17(15,16)6-8(12)11-9(7(2)3)10(13)14/h7,9H,4-6H2,1-3H3,(H,11,12)(H,13,14)/t9-/m1/s1. The van der Waals surface area contributed by atoms with E-state index in [0.717, 1.165) is 0 Å². The first-order chi connectivity index (χ1) is 7.69. The lowest BCUT2D eigenvalue weighted by atomic mass is 10.1. The maximum absolute atomic E-state index is 11.4. The summed E-state index contributed by atoms with van der Waals surface area (Å²) < 4.78 is 22.7. The molecule has 0 saturated carbocycles. The Balaban J connectivity index is 4.49. The Kier molecular flexibility index (Phi) is 6.15. The molecule has 0 spiro atoms. The predicted molar refractivity (Wildman–Crippen MR) is 63.3 cm³/mol. The average molecular weight is 265 g/mol. The molecule has 2 N–H and O–H groups in total. The molecular formula is C10H19NO5S. The van der Waals surface area contributed by atoms with Crippen molar-refractivity contribution >= 4 is 21.7 Å². The van der Waals surface area contributed by atoms with Crippen molar-refractivity contribution in [3.63, 3.8) is 0 Å². The maximum Gasteiger partial charge on any atom is 0.326 e. The van der Waals surface area contributed by atoms with Crippen molar-refractivity contribution in [1.29, 1.82) is 0 Å². The van der Waals surface area contributed by atoms with Crippen LogP contribution in [0.3, 0.4) is 0 Å². The molecule has 1 atom stereocenters. The Labute approximate surface area is 101 Å². The first-order valence-electron chi connectivity index (χ1n) is 5.42. The number of hydrogen-bond donors (Lipinski definition) is 2. The van der Waals surface area contributed by atoms with E-state index in [1.807, 2.05) is 0 Å². The Bertz CT molecular complexity index is 374. The van der Waals surface area contributed by atoms with Crippen molar-refractivity contribution in [3.8, 4) is 0 Å². The summed E-state index contributed by atoms with van der Waals surface area (Å²) in [6.07, 6.45) is 0.433. The molecule has 0 aromatic rings. The zero-order valence-corrected chi connectivity index (χ0v) is 11.1. The van der Waals surface area contributed by atoms with Crippen LogP contribution in [0.5, 0.6) is 0 Å². The molecule has 100 valence electrons. The second kappa shape index (κ2) is 6.58. The number of carboxylic acids is 1. The van der Waals surface area contributed by atoms with Crippen LogP contribution >= 0.6 is 0 Å². The SMILES string of the molecule is CCCS(=O)(=O)CC(=O)N[C@@H](C(=O)O)C(C)C. The van der Waals surface area contributed by atoms with E-state index >= 15 is 0 Å². The Morgan fingerprint density at radius 1 is 1.29 bits per heavy atom. The third-order valence-corrected chi connectivity index (χ3v) is 3.85. The Hall–Kier alpha value is -1.11. The second-order valence-corrected chi connectivity index (χ2v) is 6.40. The van der Waals surface area contributed by atoms with Crippen LogP contribution in [0.15, 0.2) is 0 Å². The Morgan fingerprint density at radius 3 is 2.18 bits per heavy atom. The molecule has 1 amide bonds. The van der Waals surface area contributed by atoms with Crippen LogP contribution in [0.25, 0.3) is 0 Å². The lowest BCUT2D eigenvalue weighted by Gasteiger charge is -2.17. The highest BCUT2D eigenvalue weighted by atomic mass is 32.2. The van der Waals surface area contributed by atoms with Crippen LogP contribution in [0, 0.1) is 5.92 Å². The van der Waals surface area contributed by atoms with Crippen molar-refractivity contribution in [2.45, 2.75) is 33.2 Å². The van der Waals surface area contributed by atoms with Gasteiger partial charge in [-0.05, 0) is 12.3 Å². The summed E-state index contributed by atoms with van der Waals surface area (Å²) in [5.74, 6) is -2.96. The van der Waals surface area contributed by atoms with Crippen molar-refractivity contribution in [1.82, 2.24) is 5.32 Å². The smallest absolute Gasteiger partial charge is 0.326 e. The third kappa shape index (κ3) is 6.25. The summed E-state index contributed by atoms with van der Waals surface area (Å²) in [6.45, 7) is 4.98. The van der Waals surface area contributed by atoms with Gasteiger partial charge in [-0.2, -0.15) is 0 Å². The van der Waals surface area contributed by atoms with Crippen LogP contribution in [0.2, 0.25) is 0 Å². The largest absolute Gasteiger partial charge is 0.480 e. The van der Waals surface area contributed by atoms with Crippen LogP contribution in [-0.2, 0) is 19.4 Å². The zero-order chi connectivity index (χ0) is 13.6. The third-order valence-electron chi connectivity index (χ3n) is 2.12. The second-order valence-electron chi connectivity index (χ2n) is 4.22. The number of aliphatic carboxylic acids is 1. The molecule has 17 heavy (non-hydrogen) atoms. The molecule has 0 heterocycles. The van der Waals surface area contributed by atoms with Gasteiger partial charge in [0.2, 0.25) is 5.91 Å². The molecule has 0 aromatic carbocycles. The van der Waals surface area contributed by atoms with Crippen LogP contribution in [0.1, 0.15) is 27.2 Å². The van der Waals surface area contributed by atoms with E-state index in [1.54, 1.807) is 20.8 Å². The Morgan fingerprint density at radius 2 is 1.82 bits per heavy atom. The van der Waals surface area contributed by atoms with Gasteiger partial charge in [0.05, 0.1) is 5.75 Å². The molecule has 0 aliphatic carbocycles. The maximum atomic E-state index is 11.4. The van der Waals surface area contributed by atoms with Gasteiger partial charge in [-0.25, -0.2) is 13.2 Å². The molecule has 0 saturated heterocycles. The first-order valence-corrected chi connectivity index (χ1v) is 7.24. The molecule has 0 radical (unpaired) electrons. The van der Waals surface area contributed by atoms with Crippen molar-refractivity contribution < 1.29 is 23.1 Å². The lowest BCUT2D eigenvalue weighted by molar-refractivity contribution is -0.142.